The largest absolute Gasteiger partial charge is 0.381 e. The molecule has 1 aromatic rings. The summed E-state index contributed by atoms with van der Waals surface area (Å²) in [5.41, 5.74) is 9.21. The van der Waals surface area contributed by atoms with E-state index in [9.17, 15) is 0 Å². The molecule has 3 N–H and O–H groups in total. The molecule has 2 heterocycles. The summed E-state index contributed by atoms with van der Waals surface area (Å²) in [5, 5.41) is 7.33. The second kappa shape index (κ2) is 3.89. The van der Waals surface area contributed by atoms with Gasteiger partial charge in [0.2, 0.25) is 0 Å². The van der Waals surface area contributed by atoms with E-state index >= 15 is 0 Å². The average molecular weight is 181 g/mol. The molecule has 0 atom stereocenters. The number of hydrogen-bond acceptors (Lipinski definition) is 3. The number of aromatic amines is 1. The molecule has 0 aliphatic carbocycles. The Bertz CT molecular complexity index is 282. The summed E-state index contributed by atoms with van der Waals surface area (Å²) in [7, 11) is 0. The first-order chi connectivity index (χ1) is 6.42. The molecule has 13 heavy (non-hydrogen) atoms. The molecule has 0 amide bonds. The molecule has 4 heteroatoms. The number of H-pyrrole nitrogens is 1. The Morgan fingerprint density at radius 2 is 2.23 bits per heavy atom. The van der Waals surface area contributed by atoms with Gasteiger partial charge in [-0.05, 0) is 18.5 Å². The molecule has 1 aromatic heterocycles. The second-order valence-electron chi connectivity index (χ2n) is 3.28. The minimum absolute atomic E-state index is 0.665. The van der Waals surface area contributed by atoms with Crippen molar-refractivity contribution < 1.29 is 4.74 Å². The molecule has 0 bridgehead atoms. The van der Waals surface area contributed by atoms with Gasteiger partial charge in [0.1, 0.15) is 0 Å². The van der Waals surface area contributed by atoms with Crippen LogP contribution in [0.4, 0.5) is 0 Å². The Hall–Kier alpha value is -0.870. The number of aromatic nitrogens is 2. The molecule has 72 valence electrons. The SMILES string of the molecule is NCCc1n[nH]c2c1CCOCC2. The third-order valence-electron chi connectivity index (χ3n) is 2.41. The minimum Gasteiger partial charge on any atom is -0.381 e. The minimum atomic E-state index is 0.665. The van der Waals surface area contributed by atoms with Gasteiger partial charge >= 0.3 is 0 Å². The molecule has 2 rings (SSSR count). The molecule has 0 unspecified atom stereocenters. The Kier molecular flexibility index (Phi) is 2.61. The highest BCUT2D eigenvalue weighted by Gasteiger charge is 2.14. The van der Waals surface area contributed by atoms with Crippen molar-refractivity contribution >= 4 is 0 Å². The van der Waals surface area contributed by atoms with Crippen molar-refractivity contribution in [3.05, 3.63) is 17.0 Å². The van der Waals surface area contributed by atoms with Gasteiger partial charge in [-0.2, -0.15) is 5.10 Å². The van der Waals surface area contributed by atoms with E-state index in [0.717, 1.165) is 38.2 Å². The smallest absolute Gasteiger partial charge is 0.0670 e. The lowest BCUT2D eigenvalue weighted by Crippen LogP contribution is -2.06. The molecule has 4 nitrogen and oxygen atoms in total. The van der Waals surface area contributed by atoms with Crippen LogP contribution in [0.25, 0.3) is 0 Å². The summed E-state index contributed by atoms with van der Waals surface area (Å²) < 4.78 is 5.39. The highest BCUT2D eigenvalue weighted by molar-refractivity contribution is 5.26. The first-order valence-electron chi connectivity index (χ1n) is 4.74. The van der Waals surface area contributed by atoms with Crippen LogP contribution in [0.15, 0.2) is 0 Å². The van der Waals surface area contributed by atoms with Crippen molar-refractivity contribution in [1.29, 1.82) is 0 Å². The Labute approximate surface area is 77.5 Å². The zero-order valence-electron chi connectivity index (χ0n) is 7.68. The molecular weight excluding hydrogens is 166 g/mol. The molecule has 1 aliphatic heterocycles. The maximum atomic E-state index is 5.51. The van der Waals surface area contributed by atoms with Crippen LogP contribution in [0.3, 0.4) is 0 Å². The fourth-order valence-electron chi connectivity index (χ4n) is 1.74. The summed E-state index contributed by atoms with van der Waals surface area (Å²) in [5.74, 6) is 0. The van der Waals surface area contributed by atoms with E-state index < -0.39 is 0 Å². The number of hydrogen-bond donors (Lipinski definition) is 2. The van der Waals surface area contributed by atoms with E-state index in [-0.39, 0.29) is 0 Å². The zero-order chi connectivity index (χ0) is 9.10. The lowest BCUT2D eigenvalue weighted by Gasteiger charge is -1.99. The topological polar surface area (TPSA) is 63.9 Å². The lowest BCUT2D eigenvalue weighted by atomic mass is 10.1. The van der Waals surface area contributed by atoms with E-state index in [2.05, 4.69) is 10.2 Å². The van der Waals surface area contributed by atoms with Crippen molar-refractivity contribution in [2.75, 3.05) is 19.8 Å². The number of fused-ring (bicyclic) bond motifs is 1. The quantitative estimate of drug-likeness (QED) is 0.676. The first-order valence-corrected chi connectivity index (χ1v) is 4.74. The summed E-state index contributed by atoms with van der Waals surface area (Å²) >= 11 is 0. The van der Waals surface area contributed by atoms with E-state index in [4.69, 9.17) is 10.5 Å². The van der Waals surface area contributed by atoms with Crippen LogP contribution < -0.4 is 5.73 Å². The maximum absolute atomic E-state index is 5.51. The van der Waals surface area contributed by atoms with Crippen LogP contribution in [-0.4, -0.2) is 30.0 Å². The summed E-state index contributed by atoms with van der Waals surface area (Å²) in [4.78, 5) is 0. The Morgan fingerprint density at radius 1 is 1.38 bits per heavy atom. The van der Waals surface area contributed by atoms with Crippen molar-refractivity contribution in [1.82, 2.24) is 10.2 Å². The van der Waals surface area contributed by atoms with Gasteiger partial charge in [-0.1, -0.05) is 0 Å². The third kappa shape index (κ3) is 1.73. The predicted molar refractivity (Wildman–Crippen MR) is 49.6 cm³/mol. The molecule has 0 fully saturated rings. The van der Waals surface area contributed by atoms with Gasteiger partial charge in [-0.15, -0.1) is 0 Å². The van der Waals surface area contributed by atoms with Gasteiger partial charge in [-0.25, -0.2) is 0 Å². The van der Waals surface area contributed by atoms with Crippen LogP contribution in [-0.2, 0) is 24.0 Å². The van der Waals surface area contributed by atoms with E-state index in [0.29, 0.717) is 6.54 Å². The predicted octanol–water partition coefficient (Wildman–Crippen LogP) is 0.0261. The Balaban J connectivity index is 2.23. The monoisotopic (exact) mass is 181 g/mol. The van der Waals surface area contributed by atoms with Crippen LogP contribution in [0, 0.1) is 0 Å². The number of nitrogens with one attached hydrogen (secondary N) is 1. The fourth-order valence-corrected chi connectivity index (χ4v) is 1.74. The number of nitrogens with two attached hydrogens (primary N) is 1. The maximum Gasteiger partial charge on any atom is 0.0670 e. The molecule has 0 spiro atoms. The summed E-state index contributed by atoms with van der Waals surface area (Å²) in [6.07, 6.45) is 2.79. The van der Waals surface area contributed by atoms with E-state index in [1.165, 1.54) is 11.3 Å². The third-order valence-corrected chi connectivity index (χ3v) is 2.41. The van der Waals surface area contributed by atoms with Crippen molar-refractivity contribution in [2.24, 2.45) is 5.73 Å². The summed E-state index contributed by atoms with van der Waals surface area (Å²) in [6.45, 7) is 2.28. The van der Waals surface area contributed by atoms with E-state index in [1.807, 2.05) is 0 Å². The molecule has 0 saturated heterocycles. The van der Waals surface area contributed by atoms with Gasteiger partial charge in [0.15, 0.2) is 0 Å². The number of ether oxygens (including phenoxy) is 1. The van der Waals surface area contributed by atoms with Gasteiger partial charge in [0, 0.05) is 18.5 Å². The van der Waals surface area contributed by atoms with Crippen LogP contribution in [0.2, 0.25) is 0 Å². The van der Waals surface area contributed by atoms with Gasteiger partial charge in [0.05, 0.1) is 18.9 Å². The molecule has 0 radical (unpaired) electrons. The van der Waals surface area contributed by atoms with Crippen molar-refractivity contribution in [2.45, 2.75) is 19.3 Å². The molecular formula is C9H15N3O. The van der Waals surface area contributed by atoms with Crippen LogP contribution >= 0.6 is 0 Å². The highest BCUT2D eigenvalue weighted by Crippen LogP contribution is 2.16. The lowest BCUT2D eigenvalue weighted by molar-refractivity contribution is 0.145. The van der Waals surface area contributed by atoms with Crippen LogP contribution in [0.5, 0.6) is 0 Å². The number of nitrogens with zero attached hydrogens (tertiary/aromatic N) is 1. The number of rotatable bonds is 2. The fraction of sp³-hybridized carbons (Fsp3) is 0.667. The van der Waals surface area contributed by atoms with E-state index in [1.54, 1.807) is 0 Å². The Morgan fingerprint density at radius 3 is 3.08 bits per heavy atom. The van der Waals surface area contributed by atoms with Crippen molar-refractivity contribution in [3.63, 3.8) is 0 Å². The highest BCUT2D eigenvalue weighted by atomic mass is 16.5. The van der Waals surface area contributed by atoms with Crippen LogP contribution in [0.1, 0.15) is 17.0 Å². The summed E-state index contributed by atoms with van der Waals surface area (Å²) in [6, 6.07) is 0. The zero-order valence-corrected chi connectivity index (χ0v) is 7.68. The standard InChI is InChI=1S/C9H15N3O/c10-4-1-8-7-2-5-13-6-3-9(7)12-11-8/h1-6,10H2,(H,11,12). The molecule has 1 aliphatic rings. The van der Waals surface area contributed by atoms with Gasteiger partial charge in [-0.3, -0.25) is 5.10 Å². The normalized spacial score (nSPS) is 16.7. The molecule has 0 saturated carbocycles. The second-order valence-corrected chi connectivity index (χ2v) is 3.28. The van der Waals surface area contributed by atoms with Gasteiger partial charge in [0.25, 0.3) is 0 Å². The van der Waals surface area contributed by atoms with Gasteiger partial charge < -0.3 is 10.5 Å². The van der Waals surface area contributed by atoms with Crippen molar-refractivity contribution in [3.8, 4) is 0 Å². The average Bonchev–Trinajstić information content (AvgIpc) is 2.38. The first kappa shape index (κ1) is 8.72. The molecule has 0 aromatic carbocycles.